The maximum Gasteiger partial charge on any atom is 0.338 e. The van der Waals surface area contributed by atoms with E-state index < -0.39 is 23.8 Å². The van der Waals surface area contributed by atoms with E-state index in [1.807, 2.05) is 0 Å². The summed E-state index contributed by atoms with van der Waals surface area (Å²) >= 11 is 4.76. The lowest BCUT2D eigenvalue weighted by atomic mass is 9.95. The molecule has 2 aliphatic heterocycles. The zero-order valence-corrected chi connectivity index (χ0v) is 22.3. The molecule has 1 unspecified atom stereocenters. The van der Waals surface area contributed by atoms with Gasteiger partial charge in [-0.1, -0.05) is 22.0 Å². The summed E-state index contributed by atoms with van der Waals surface area (Å²) in [5, 5.41) is 5.63. The summed E-state index contributed by atoms with van der Waals surface area (Å²) in [6.45, 7) is 4.99. The average Bonchev–Trinajstić information content (AvgIpc) is 3.32. The SMILES string of the molecule is CCOC(=O)C1=C(CN2CCOCC2)NC(c2nc(CC(=O)OC)cs2)=NC1c1ccc(F)cc1Br. The Morgan fingerprint density at radius 3 is 2.81 bits per heavy atom. The number of benzene rings is 1. The first-order valence-electron chi connectivity index (χ1n) is 11.4. The molecule has 4 rings (SSSR count). The molecule has 0 aliphatic carbocycles. The first-order valence-corrected chi connectivity index (χ1v) is 13.1. The number of aromatic nitrogens is 1. The van der Waals surface area contributed by atoms with Crippen LogP contribution in [0.25, 0.3) is 0 Å². The van der Waals surface area contributed by atoms with Crippen LogP contribution in [0.3, 0.4) is 0 Å². The first kappa shape index (κ1) is 26.4. The molecule has 1 aromatic carbocycles. The summed E-state index contributed by atoms with van der Waals surface area (Å²) in [5.74, 6) is -0.848. The molecule has 36 heavy (non-hydrogen) atoms. The molecule has 1 saturated heterocycles. The summed E-state index contributed by atoms with van der Waals surface area (Å²) in [5.41, 5.74) is 2.15. The lowest BCUT2D eigenvalue weighted by molar-refractivity contribution is -0.140. The van der Waals surface area contributed by atoms with Crippen molar-refractivity contribution >= 4 is 45.0 Å². The highest BCUT2D eigenvalue weighted by Gasteiger charge is 2.35. The largest absolute Gasteiger partial charge is 0.469 e. The molecule has 1 N–H and O–H groups in total. The maximum atomic E-state index is 13.9. The van der Waals surface area contributed by atoms with Gasteiger partial charge in [0, 0.05) is 35.2 Å². The number of hydrogen-bond acceptors (Lipinski definition) is 10. The van der Waals surface area contributed by atoms with Gasteiger partial charge in [0.1, 0.15) is 11.9 Å². The van der Waals surface area contributed by atoms with Gasteiger partial charge in [0.05, 0.1) is 44.6 Å². The number of ether oxygens (including phenoxy) is 3. The van der Waals surface area contributed by atoms with Crippen molar-refractivity contribution in [3.63, 3.8) is 0 Å². The summed E-state index contributed by atoms with van der Waals surface area (Å²) in [6, 6.07) is 3.51. The van der Waals surface area contributed by atoms with Crippen LogP contribution in [0.15, 0.2) is 44.3 Å². The molecule has 192 valence electrons. The smallest absolute Gasteiger partial charge is 0.338 e. The van der Waals surface area contributed by atoms with Crippen LogP contribution in [0.2, 0.25) is 0 Å². The summed E-state index contributed by atoms with van der Waals surface area (Å²) in [4.78, 5) is 36.5. The number of nitrogens with zero attached hydrogens (tertiary/aromatic N) is 3. The van der Waals surface area contributed by atoms with Crippen LogP contribution in [0.4, 0.5) is 4.39 Å². The van der Waals surface area contributed by atoms with E-state index in [9.17, 15) is 14.0 Å². The topological polar surface area (TPSA) is 102 Å². The van der Waals surface area contributed by atoms with Gasteiger partial charge >= 0.3 is 11.9 Å². The highest BCUT2D eigenvalue weighted by atomic mass is 79.9. The van der Waals surface area contributed by atoms with E-state index in [2.05, 4.69) is 31.1 Å². The van der Waals surface area contributed by atoms with E-state index in [-0.39, 0.29) is 13.0 Å². The van der Waals surface area contributed by atoms with Gasteiger partial charge in [-0.2, -0.15) is 0 Å². The normalized spacial score (nSPS) is 18.4. The van der Waals surface area contributed by atoms with E-state index >= 15 is 0 Å². The van der Waals surface area contributed by atoms with Crippen LogP contribution in [0.1, 0.15) is 29.2 Å². The molecule has 9 nitrogen and oxygen atoms in total. The highest BCUT2D eigenvalue weighted by Crippen LogP contribution is 2.37. The van der Waals surface area contributed by atoms with E-state index in [4.69, 9.17) is 19.2 Å². The molecule has 0 bridgehead atoms. The summed E-state index contributed by atoms with van der Waals surface area (Å²) < 4.78 is 30.0. The number of nitrogens with one attached hydrogen (secondary N) is 1. The minimum Gasteiger partial charge on any atom is -0.469 e. The van der Waals surface area contributed by atoms with Crippen LogP contribution in [0.5, 0.6) is 0 Å². The molecule has 2 aromatic rings. The van der Waals surface area contributed by atoms with Gasteiger partial charge in [-0.15, -0.1) is 11.3 Å². The minimum atomic E-state index is -0.765. The monoisotopic (exact) mass is 580 g/mol. The molecule has 1 aromatic heterocycles. The van der Waals surface area contributed by atoms with Crippen molar-refractivity contribution in [3.05, 3.63) is 61.4 Å². The Balaban J connectivity index is 1.78. The fourth-order valence-corrected chi connectivity index (χ4v) is 5.26. The predicted molar refractivity (Wildman–Crippen MR) is 135 cm³/mol. The Labute approximate surface area is 220 Å². The Bertz CT molecular complexity index is 1190. The number of amidine groups is 1. The number of esters is 2. The van der Waals surface area contributed by atoms with Crippen molar-refractivity contribution in [1.29, 1.82) is 0 Å². The third-order valence-electron chi connectivity index (χ3n) is 5.67. The molecule has 0 spiro atoms. The van der Waals surface area contributed by atoms with Crippen molar-refractivity contribution in [2.24, 2.45) is 4.99 Å². The minimum absolute atomic E-state index is 0.0395. The average molecular weight is 581 g/mol. The number of carbonyl (C=O) groups is 2. The van der Waals surface area contributed by atoms with Gasteiger partial charge in [-0.05, 0) is 24.6 Å². The van der Waals surface area contributed by atoms with Crippen molar-refractivity contribution in [2.45, 2.75) is 19.4 Å². The molecule has 1 fully saturated rings. The van der Waals surface area contributed by atoms with Crippen molar-refractivity contribution in [1.82, 2.24) is 15.2 Å². The molecule has 12 heteroatoms. The fourth-order valence-electron chi connectivity index (χ4n) is 3.93. The van der Waals surface area contributed by atoms with Crippen molar-refractivity contribution < 1.29 is 28.2 Å². The van der Waals surface area contributed by atoms with Crippen LogP contribution in [-0.2, 0) is 30.2 Å². The zero-order chi connectivity index (χ0) is 25.7. The Morgan fingerprint density at radius 1 is 1.33 bits per heavy atom. The van der Waals surface area contributed by atoms with E-state index in [0.29, 0.717) is 70.7 Å². The van der Waals surface area contributed by atoms with Gasteiger partial charge in [-0.3, -0.25) is 14.7 Å². The molecule has 2 aliphatic rings. The van der Waals surface area contributed by atoms with Gasteiger partial charge < -0.3 is 19.5 Å². The van der Waals surface area contributed by atoms with Crippen LogP contribution in [0, 0.1) is 5.82 Å². The number of thiazole rings is 1. The summed E-state index contributed by atoms with van der Waals surface area (Å²) in [6.07, 6.45) is 0.0395. The number of methoxy groups -OCH3 is 1. The van der Waals surface area contributed by atoms with Crippen LogP contribution in [-0.4, -0.2) is 74.2 Å². The number of halogens is 2. The number of hydrogen-bond donors (Lipinski definition) is 1. The molecular weight excluding hydrogens is 555 g/mol. The standard InChI is InChI=1S/C24H26BrFN4O5S/c1-3-35-24(32)20-18(12-30-6-8-34-9-7-30)28-22(23-27-15(13-36-23)11-19(31)33-2)29-21(20)16-5-4-14(26)10-17(16)25/h4-5,10,13,21H,3,6-9,11-12H2,1-2H3,(H,28,29). The molecule has 0 amide bonds. The van der Waals surface area contributed by atoms with Crippen LogP contribution >= 0.6 is 27.3 Å². The number of carbonyl (C=O) groups excluding carboxylic acids is 2. The second kappa shape index (κ2) is 12.0. The third kappa shape index (κ3) is 6.17. The Hall–Kier alpha value is -2.67. The molecule has 1 atom stereocenters. The molecule has 0 radical (unpaired) electrons. The van der Waals surface area contributed by atoms with E-state index in [0.717, 1.165) is 0 Å². The fraction of sp³-hybridized carbons (Fsp3) is 0.417. The van der Waals surface area contributed by atoms with E-state index in [1.165, 1.54) is 30.6 Å². The predicted octanol–water partition coefficient (Wildman–Crippen LogP) is 3.00. The second-order valence-electron chi connectivity index (χ2n) is 8.07. The molecule has 0 saturated carbocycles. The lowest BCUT2D eigenvalue weighted by Crippen LogP contribution is -2.43. The Morgan fingerprint density at radius 2 is 2.11 bits per heavy atom. The highest BCUT2D eigenvalue weighted by molar-refractivity contribution is 9.10. The second-order valence-corrected chi connectivity index (χ2v) is 9.78. The van der Waals surface area contributed by atoms with Crippen LogP contribution < -0.4 is 5.32 Å². The van der Waals surface area contributed by atoms with Crippen molar-refractivity contribution in [2.75, 3.05) is 46.6 Å². The maximum absolute atomic E-state index is 13.9. The lowest BCUT2D eigenvalue weighted by Gasteiger charge is -2.32. The zero-order valence-electron chi connectivity index (χ0n) is 19.9. The van der Waals surface area contributed by atoms with Gasteiger partial charge in [0.25, 0.3) is 0 Å². The summed E-state index contributed by atoms with van der Waals surface area (Å²) in [7, 11) is 1.33. The van der Waals surface area contributed by atoms with Gasteiger partial charge in [-0.25, -0.2) is 14.2 Å². The quantitative estimate of drug-likeness (QED) is 0.475. The Kier molecular flexibility index (Phi) is 8.83. The number of rotatable bonds is 8. The molecule has 3 heterocycles. The first-order chi connectivity index (χ1) is 17.4. The molecular formula is C24H26BrFN4O5S. The number of morpholine rings is 1. The third-order valence-corrected chi connectivity index (χ3v) is 7.26. The van der Waals surface area contributed by atoms with Crippen molar-refractivity contribution in [3.8, 4) is 0 Å². The van der Waals surface area contributed by atoms with Gasteiger partial charge in [0.15, 0.2) is 10.8 Å². The van der Waals surface area contributed by atoms with E-state index in [1.54, 1.807) is 18.4 Å². The number of aliphatic imine (C=N–C) groups is 1. The van der Waals surface area contributed by atoms with Gasteiger partial charge in [0.2, 0.25) is 0 Å².